The number of rotatable bonds is 36. The van der Waals surface area contributed by atoms with Crippen LogP contribution in [0.1, 0.15) is 243 Å². The van der Waals surface area contributed by atoms with E-state index in [0.717, 1.165) is 0 Å². The molecule has 0 aromatic heterocycles. The molecule has 2 N–H and O–H groups in total. The molecule has 49 heavy (non-hydrogen) atoms. The zero-order valence-electron chi connectivity index (χ0n) is 32.9. The molecule has 0 saturated heterocycles. The Morgan fingerprint density at radius 1 is 0.347 bits per heavy atom. The summed E-state index contributed by atoms with van der Waals surface area (Å²) < 4.78 is 31.6. The van der Waals surface area contributed by atoms with Gasteiger partial charge in [0, 0.05) is 0 Å². The fourth-order valence-corrected chi connectivity index (χ4v) is 7.13. The molecule has 290 valence electrons. The molecule has 0 aliphatic carbocycles. The van der Waals surface area contributed by atoms with Crippen molar-refractivity contribution >= 4 is 10.4 Å². The molecule has 0 unspecified atom stereocenters. The van der Waals surface area contributed by atoms with Crippen LogP contribution in [-0.4, -0.2) is 17.5 Å². The quantitative estimate of drug-likeness (QED) is 0.0537. The molecule has 0 bridgehead atoms. The molecule has 0 aliphatic heterocycles. The standard InChI is InChI=1S/C44H82.H2O4S/c1-3-5-7-9-11-13-15-17-19-21-23-25-27-29-31-33-35-39-43-41-37-38-42-44(43)40-36-34-32-30-28-26-24-22-20-18-16-14-12-10-8-6-4-2;1-5(2,3)4/h37-38,41-42H,3-36,39-40H2,1-2H3;(H2,1,2,3,4). The second kappa shape index (κ2) is 38.3. The summed E-state index contributed by atoms with van der Waals surface area (Å²) in [5, 5.41) is 0. The van der Waals surface area contributed by atoms with E-state index in [1.54, 1.807) is 11.1 Å². The van der Waals surface area contributed by atoms with Gasteiger partial charge in [0.15, 0.2) is 0 Å². The van der Waals surface area contributed by atoms with Crippen LogP contribution in [0.5, 0.6) is 0 Å². The Bertz CT molecular complexity index is 820. The lowest BCUT2D eigenvalue weighted by atomic mass is 9.96. The van der Waals surface area contributed by atoms with Crippen LogP contribution >= 0.6 is 0 Å². The van der Waals surface area contributed by atoms with Crippen molar-refractivity contribution in [3.05, 3.63) is 35.4 Å². The van der Waals surface area contributed by atoms with Crippen molar-refractivity contribution in [3.63, 3.8) is 0 Å². The van der Waals surface area contributed by atoms with Gasteiger partial charge in [0.1, 0.15) is 0 Å². The highest BCUT2D eigenvalue weighted by Gasteiger charge is 2.03. The summed E-state index contributed by atoms with van der Waals surface area (Å²) in [5.41, 5.74) is 3.29. The van der Waals surface area contributed by atoms with Crippen molar-refractivity contribution in [1.29, 1.82) is 0 Å². The monoisotopic (exact) mass is 709 g/mol. The topological polar surface area (TPSA) is 74.6 Å². The van der Waals surface area contributed by atoms with E-state index < -0.39 is 10.4 Å². The van der Waals surface area contributed by atoms with Crippen LogP contribution in [0.3, 0.4) is 0 Å². The second-order valence-corrected chi connectivity index (χ2v) is 15.9. The van der Waals surface area contributed by atoms with Crippen LogP contribution < -0.4 is 0 Å². The molecule has 0 heterocycles. The van der Waals surface area contributed by atoms with Gasteiger partial charge < -0.3 is 0 Å². The van der Waals surface area contributed by atoms with E-state index in [1.807, 2.05) is 0 Å². The van der Waals surface area contributed by atoms with Gasteiger partial charge in [-0.1, -0.05) is 244 Å². The average Bonchev–Trinajstić information content (AvgIpc) is 3.07. The highest BCUT2D eigenvalue weighted by Crippen LogP contribution is 2.19. The van der Waals surface area contributed by atoms with Crippen LogP contribution in [0.2, 0.25) is 0 Å². The predicted octanol–water partition coefficient (Wildman–Crippen LogP) is 15.4. The van der Waals surface area contributed by atoms with Crippen molar-refractivity contribution in [2.45, 2.75) is 245 Å². The smallest absolute Gasteiger partial charge is 0.264 e. The minimum absolute atomic E-state index is 1.30. The summed E-state index contributed by atoms with van der Waals surface area (Å²) in [6.45, 7) is 4.62. The number of benzene rings is 1. The van der Waals surface area contributed by atoms with Gasteiger partial charge in [0.05, 0.1) is 0 Å². The highest BCUT2D eigenvalue weighted by atomic mass is 32.3. The van der Waals surface area contributed by atoms with E-state index in [9.17, 15) is 0 Å². The Kier molecular flexibility index (Phi) is 37.6. The third kappa shape index (κ3) is 41.4. The number of hydrogen-bond acceptors (Lipinski definition) is 2. The maximum Gasteiger partial charge on any atom is 0.394 e. The zero-order chi connectivity index (χ0) is 35.9. The summed E-state index contributed by atoms with van der Waals surface area (Å²) in [6, 6.07) is 9.35. The minimum atomic E-state index is -4.67. The molecule has 1 aromatic rings. The first kappa shape index (κ1) is 48.1. The van der Waals surface area contributed by atoms with Crippen LogP contribution in [0.15, 0.2) is 24.3 Å². The molecule has 1 aromatic carbocycles. The Morgan fingerprint density at radius 2 is 0.510 bits per heavy atom. The maximum absolute atomic E-state index is 8.74. The first-order valence-corrected chi connectivity index (χ1v) is 23.0. The maximum atomic E-state index is 8.74. The Labute approximate surface area is 307 Å². The molecule has 0 fully saturated rings. The lowest BCUT2D eigenvalue weighted by Gasteiger charge is -2.10. The van der Waals surface area contributed by atoms with Gasteiger partial charge in [-0.2, -0.15) is 8.42 Å². The van der Waals surface area contributed by atoms with E-state index in [1.165, 1.54) is 231 Å². The normalized spacial score (nSPS) is 11.5. The molecule has 0 atom stereocenters. The van der Waals surface area contributed by atoms with Gasteiger partial charge in [-0.05, 0) is 36.8 Å². The molecule has 0 spiro atoms. The third-order valence-corrected chi connectivity index (χ3v) is 10.2. The van der Waals surface area contributed by atoms with Gasteiger partial charge >= 0.3 is 10.4 Å². The number of hydrogen-bond donors (Lipinski definition) is 2. The minimum Gasteiger partial charge on any atom is -0.264 e. The fourth-order valence-electron chi connectivity index (χ4n) is 7.13. The van der Waals surface area contributed by atoms with Crippen molar-refractivity contribution in [3.8, 4) is 0 Å². The predicted molar refractivity (Wildman–Crippen MR) is 216 cm³/mol. The van der Waals surface area contributed by atoms with Gasteiger partial charge in [0.2, 0.25) is 0 Å². The third-order valence-electron chi connectivity index (χ3n) is 10.2. The summed E-state index contributed by atoms with van der Waals surface area (Å²) in [7, 11) is -4.67. The van der Waals surface area contributed by atoms with Gasteiger partial charge in [-0.3, -0.25) is 9.11 Å². The molecule has 0 radical (unpaired) electrons. The highest BCUT2D eigenvalue weighted by molar-refractivity contribution is 7.79. The summed E-state index contributed by atoms with van der Waals surface area (Å²) in [5.74, 6) is 0. The van der Waals surface area contributed by atoms with Crippen molar-refractivity contribution < 1.29 is 17.5 Å². The first-order valence-electron chi connectivity index (χ1n) is 21.6. The van der Waals surface area contributed by atoms with Crippen molar-refractivity contribution in [2.24, 2.45) is 0 Å². The van der Waals surface area contributed by atoms with Crippen LogP contribution in [0, 0.1) is 0 Å². The molecular formula is C44H84O4S. The van der Waals surface area contributed by atoms with Gasteiger partial charge in [-0.25, -0.2) is 0 Å². The van der Waals surface area contributed by atoms with Gasteiger partial charge in [0.25, 0.3) is 0 Å². The molecule has 1 rings (SSSR count). The SMILES string of the molecule is CCCCCCCCCCCCCCCCCCCc1ccccc1CCCCCCCCCCCCCCCCCCC.O=S(=O)(O)O. The van der Waals surface area contributed by atoms with E-state index in [4.69, 9.17) is 17.5 Å². The van der Waals surface area contributed by atoms with E-state index in [0.29, 0.717) is 0 Å². The summed E-state index contributed by atoms with van der Waals surface area (Å²) >= 11 is 0. The van der Waals surface area contributed by atoms with Crippen LogP contribution in [0.4, 0.5) is 0 Å². The first-order chi connectivity index (χ1) is 23.9. The fraction of sp³-hybridized carbons (Fsp3) is 0.864. The van der Waals surface area contributed by atoms with Crippen LogP contribution in [0.25, 0.3) is 0 Å². The largest absolute Gasteiger partial charge is 0.394 e. The number of aryl methyl sites for hydroxylation is 2. The Balaban J connectivity index is 0.00000427. The molecular weight excluding hydrogens is 625 g/mol. The molecule has 4 nitrogen and oxygen atoms in total. The molecule has 0 saturated carbocycles. The Morgan fingerprint density at radius 3 is 0.694 bits per heavy atom. The van der Waals surface area contributed by atoms with Crippen molar-refractivity contribution in [1.82, 2.24) is 0 Å². The van der Waals surface area contributed by atoms with Gasteiger partial charge in [-0.15, -0.1) is 0 Å². The Hall–Kier alpha value is -0.910. The summed E-state index contributed by atoms with van der Waals surface area (Å²) in [4.78, 5) is 0. The summed E-state index contributed by atoms with van der Waals surface area (Å²) in [6.07, 6.45) is 52.1. The zero-order valence-corrected chi connectivity index (χ0v) is 33.7. The molecule has 0 aliphatic rings. The molecule has 0 amide bonds. The van der Waals surface area contributed by atoms with Crippen LogP contribution in [-0.2, 0) is 23.2 Å². The lowest BCUT2D eigenvalue weighted by molar-refractivity contribution is 0.381. The van der Waals surface area contributed by atoms with E-state index in [-0.39, 0.29) is 0 Å². The lowest BCUT2D eigenvalue weighted by Crippen LogP contribution is -1.95. The van der Waals surface area contributed by atoms with Crippen molar-refractivity contribution in [2.75, 3.05) is 0 Å². The second-order valence-electron chi connectivity index (χ2n) is 15.0. The number of unbranched alkanes of at least 4 members (excludes halogenated alkanes) is 32. The van der Waals surface area contributed by atoms with E-state index in [2.05, 4.69) is 38.1 Å². The van der Waals surface area contributed by atoms with E-state index >= 15 is 0 Å². The molecule has 5 heteroatoms. The average molecular weight is 709 g/mol.